The van der Waals surface area contributed by atoms with Crippen molar-refractivity contribution in [3.8, 4) is 0 Å². The molecule has 1 aromatic carbocycles. The Morgan fingerprint density at radius 1 is 0.974 bits per heavy atom. The third-order valence-corrected chi connectivity index (χ3v) is 9.32. The van der Waals surface area contributed by atoms with E-state index in [0.717, 1.165) is 22.9 Å². The predicted molar refractivity (Wildman–Crippen MR) is 145 cm³/mol. The molecule has 1 saturated carbocycles. The van der Waals surface area contributed by atoms with Crippen molar-refractivity contribution in [3.05, 3.63) is 60.5 Å². The zero-order valence-corrected chi connectivity index (χ0v) is 22.4. The number of nitrogens with zero attached hydrogens (tertiary/aromatic N) is 5. The SMILES string of the molecule is Cn1c(=O)c2c(CC(=O)N3CC4(CC4)C[C@@H]3C(=O)Nc3ccc4c(c3)n(C)c(=O)n4C)csc2n(C)c1=O. The molecule has 198 valence electrons. The molecule has 2 amide bonds. The Morgan fingerprint density at radius 3 is 2.37 bits per heavy atom. The standard InChI is InChI=1S/C26H28N6O5S/c1-28-16-6-5-15(10-17(16)29(2)24(28)36)27-21(34)18-11-26(7-8-26)13-32(18)19(33)9-14-12-38-23-20(14)22(35)30(3)25(37)31(23)4/h5-6,10,12,18H,7-9,11,13H2,1-4H3,(H,27,34)/t18-/m1/s1. The molecular weight excluding hydrogens is 508 g/mol. The highest BCUT2D eigenvalue weighted by atomic mass is 32.1. The highest BCUT2D eigenvalue weighted by molar-refractivity contribution is 7.17. The van der Waals surface area contributed by atoms with E-state index in [4.69, 9.17) is 0 Å². The summed E-state index contributed by atoms with van der Waals surface area (Å²) in [5.41, 5.74) is 1.57. The van der Waals surface area contributed by atoms with Crippen molar-refractivity contribution < 1.29 is 9.59 Å². The smallest absolute Gasteiger partial charge is 0.330 e. The van der Waals surface area contributed by atoms with Crippen molar-refractivity contribution in [1.82, 2.24) is 23.2 Å². The minimum atomic E-state index is -0.627. The molecule has 1 aliphatic heterocycles. The lowest BCUT2D eigenvalue weighted by Gasteiger charge is -2.24. The third-order valence-electron chi connectivity index (χ3n) is 8.21. The molecule has 0 unspecified atom stereocenters. The normalized spacial score (nSPS) is 18.1. The van der Waals surface area contributed by atoms with Crippen LogP contribution < -0.4 is 22.3 Å². The number of likely N-dealkylation sites (tertiary alicyclic amines) is 1. The molecule has 2 aliphatic rings. The van der Waals surface area contributed by atoms with Crippen LogP contribution in [0.15, 0.2) is 38.0 Å². The van der Waals surface area contributed by atoms with E-state index in [-0.39, 0.29) is 29.3 Å². The van der Waals surface area contributed by atoms with E-state index < -0.39 is 17.3 Å². The molecule has 1 spiro atoms. The lowest BCUT2D eigenvalue weighted by molar-refractivity contribution is -0.136. The van der Waals surface area contributed by atoms with Crippen LogP contribution in [0.1, 0.15) is 24.8 Å². The van der Waals surface area contributed by atoms with Crippen LogP contribution in [0.5, 0.6) is 0 Å². The number of amides is 2. The number of anilines is 1. The first-order valence-corrected chi connectivity index (χ1v) is 13.3. The van der Waals surface area contributed by atoms with Crippen molar-refractivity contribution in [2.24, 2.45) is 33.6 Å². The average molecular weight is 537 g/mol. The zero-order chi connectivity index (χ0) is 27.1. The second kappa shape index (κ2) is 8.29. The quantitative estimate of drug-likeness (QED) is 0.418. The largest absolute Gasteiger partial charge is 0.331 e. The number of rotatable bonds is 4. The van der Waals surface area contributed by atoms with Crippen LogP contribution in [0.3, 0.4) is 0 Å². The summed E-state index contributed by atoms with van der Waals surface area (Å²) >= 11 is 1.26. The van der Waals surface area contributed by atoms with Gasteiger partial charge in [-0.1, -0.05) is 0 Å². The number of aryl methyl sites for hydroxylation is 3. The second-order valence-corrected chi connectivity index (χ2v) is 11.5. The molecule has 4 heterocycles. The van der Waals surface area contributed by atoms with Crippen LogP contribution in [0.2, 0.25) is 0 Å². The lowest BCUT2D eigenvalue weighted by Crippen LogP contribution is -2.44. The van der Waals surface area contributed by atoms with Gasteiger partial charge in [-0.2, -0.15) is 0 Å². The molecule has 0 bridgehead atoms. The molecular formula is C26H28N6O5S. The van der Waals surface area contributed by atoms with E-state index in [1.807, 2.05) is 0 Å². The zero-order valence-electron chi connectivity index (χ0n) is 21.6. The molecule has 1 saturated heterocycles. The van der Waals surface area contributed by atoms with Crippen LogP contribution in [0.25, 0.3) is 21.3 Å². The van der Waals surface area contributed by atoms with Crippen LogP contribution in [-0.2, 0) is 44.2 Å². The van der Waals surface area contributed by atoms with Gasteiger partial charge in [0.15, 0.2) is 0 Å². The molecule has 1 N–H and O–H groups in total. The van der Waals surface area contributed by atoms with E-state index >= 15 is 0 Å². The number of carbonyl (C=O) groups excluding carboxylic acids is 2. The lowest BCUT2D eigenvalue weighted by atomic mass is 10.0. The Kier molecular flexibility index (Phi) is 5.32. The third kappa shape index (κ3) is 3.57. The van der Waals surface area contributed by atoms with Crippen molar-refractivity contribution in [2.45, 2.75) is 31.7 Å². The van der Waals surface area contributed by atoms with Gasteiger partial charge in [0, 0.05) is 40.4 Å². The number of aromatic nitrogens is 4. The highest BCUT2D eigenvalue weighted by Crippen LogP contribution is 2.55. The highest BCUT2D eigenvalue weighted by Gasteiger charge is 2.55. The Morgan fingerprint density at radius 2 is 1.66 bits per heavy atom. The Balaban J connectivity index is 1.28. The fourth-order valence-electron chi connectivity index (χ4n) is 5.72. The molecule has 12 heteroatoms. The summed E-state index contributed by atoms with van der Waals surface area (Å²) in [5.74, 6) is -0.485. The Bertz CT molecular complexity index is 1850. The van der Waals surface area contributed by atoms with Gasteiger partial charge in [-0.3, -0.25) is 32.7 Å². The van der Waals surface area contributed by atoms with Gasteiger partial charge in [0.2, 0.25) is 11.8 Å². The number of thiophene rings is 1. The second-order valence-electron chi connectivity index (χ2n) is 10.7. The fourth-order valence-corrected chi connectivity index (χ4v) is 6.75. The number of carbonyl (C=O) groups is 2. The summed E-state index contributed by atoms with van der Waals surface area (Å²) in [6, 6.07) is 4.69. The fraction of sp³-hybridized carbons (Fsp3) is 0.423. The first-order valence-electron chi connectivity index (χ1n) is 12.4. The topological polar surface area (TPSA) is 120 Å². The van der Waals surface area contributed by atoms with Crippen molar-refractivity contribution in [3.63, 3.8) is 0 Å². The van der Waals surface area contributed by atoms with Gasteiger partial charge < -0.3 is 10.2 Å². The molecule has 0 radical (unpaired) electrons. The number of hydrogen-bond donors (Lipinski definition) is 1. The van der Waals surface area contributed by atoms with Gasteiger partial charge in [0.05, 0.1) is 22.8 Å². The first kappa shape index (κ1) is 24.4. The number of nitrogens with one attached hydrogen (secondary N) is 1. The number of imidazole rings is 1. The number of fused-ring (bicyclic) bond motifs is 2. The minimum Gasteiger partial charge on any atom is -0.330 e. The van der Waals surface area contributed by atoms with Crippen molar-refractivity contribution >= 4 is 50.1 Å². The summed E-state index contributed by atoms with van der Waals surface area (Å²) in [6.07, 6.45) is 2.52. The van der Waals surface area contributed by atoms with Gasteiger partial charge in [0.25, 0.3) is 5.56 Å². The van der Waals surface area contributed by atoms with Gasteiger partial charge in [0.1, 0.15) is 10.9 Å². The van der Waals surface area contributed by atoms with Gasteiger partial charge in [-0.15, -0.1) is 11.3 Å². The first-order chi connectivity index (χ1) is 18.0. The van der Waals surface area contributed by atoms with E-state index in [9.17, 15) is 24.0 Å². The molecule has 1 aliphatic carbocycles. The van der Waals surface area contributed by atoms with Crippen molar-refractivity contribution in [1.29, 1.82) is 0 Å². The maximum absolute atomic E-state index is 13.6. The molecule has 3 aromatic heterocycles. The average Bonchev–Trinajstić information content (AvgIpc) is 3.25. The predicted octanol–water partition coefficient (Wildman–Crippen LogP) is 1.05. The molecule has 11 nitrogen and oxygen atoms in total. The van der Waals surface area contributed by atoms with E-state index in [1.54, 1.807) is 54.2 Å². The summed E-state index contributed by atoms with van der Waals surface area (Å²) in [4.78, 5) is 66.6. The molecule has 6 rings (SSSR count). The molecule has 1 atom stereocenters. The molecule has 4 aromatic rings. The number of hydrogen-bond acceptors (Lipinski definition) is 6. The summed E-state index contributed by atoms with van der Waals surface area (Å²) < 4.78 is 5.54. The number of benzene rings is 1. The monoisotopic (exact) mass is 536 g/mol. The summed E-state index contributed by atoms with van der Waals surface area (Å²) in [7, 11) is 6.42. The van der Waals surface area contributed by atoms with Crippen LogP contribution in [0, 0.1) is 5.41 Å². The molecule has 2 fully saturated rings. The maximum atomic E-state index is 13.6. The minimum absolute atomic E-state index is 0.0224. The van der Waals surface area contributed by atoms with E-state index in [0.29, 0.717) is 39.9 Å². The Hall–Kier alpha value is -3.93. The van der Waals surface area contributed by atoms with Crippen molar-refractivity contribution in [2.75, 3.05) is 11.9 Å². The van der Waals surface area contributed by atoms with Gasteiger partial charge >= 0.3 is 11.4 Å². The van der Waals surface area contributed by atoms with E-state index in [2.05, 4.69) is 5.32 Å². The Labute approximate surface area is 220 Å². The van der Waals surface area contributed by atoms with Gasteiger partial charge in [-0.05, 0) is 53.8 Å². The van der Waals surface area contributed by atoms with Crippen LogP contribution >= 0.6 is 11.3 Å². The summed E-state index contributed by atoms with van der Waals surface area (Å²) in [6.45, 7) is 0.509. The van der Waals surface area contributed by atoms with Crippen LogP contribution in [-0.4, -0.2) is 47.6 Å². The summed E-state index contributed by atoms with van der Waals surface area (Å²) in [5, 5.41) is 5.08. The maximum Gasteiger partial charge on any atom is 0.331 e. The van der Waals surface area contributed by atoms with E-state index in [1.165, 1.54) is 27.5 Å². The van der Waals surface area contributed by atoms with Gasteiger partial charge in [-0.25, -0.2) is 9.59 Å². The molecule has 38 heavy (non-hydrogen) atoms. The van der Waals surface area contributed by atoms with Crippen LogP contribution in [0.4, 0.5) is 5.69 Å².